The zero-order chi connectivity index (χ0) is 12.0. The van der Waals surface area contributed by atoms with Crippen LogP contribution in [0.5, 0.6) is 0 Å². The maximum absolute atomic E-state index is 10.2. The summed E-state index contributed by atoms with van der Waals surface area (Å²) in [5.41, 5.74) is 4.84. The minimum atomic E-state index is -0.963. The van der Waals surface area contributed by atoms with Gasteiger partial charge >= 0.3 is 11.9 Å². The van der Waals surface area contributed by atoms with Crippen LogP contribution in [0.3, 0.4) is 0 Å². The van der Waals surface area contributed by atoms with Crippen LogP contribution in [0.25, 0.3) is 0 Å². The molecule has 0 aromatic rings. The molecule has 0 radical (unpaired) electrons. The number of hydrogen-bond donors (Lipinski definition) is 5. The molecule has 7 heteroatoms. The molecule has 3 atom stereocenters. The van der Waals surface area contributed by atoms with Gasteiger partial charge in [0, 0.05) is 13.0 Å². The van der Waals surface area contributed by atoms with Crippen LogP contribution in [0.15, 0.2) is 0 Å². The first-order valence-corrected chi connectivity index (χ1v) is 4.47. The zero-order valence-electron chi connectivity index (χ0n) is 8.38. The molecule has 0 bridgehead atoms. The topological polar surface area (TPSA) is 133 Å². The summed E-state index contributed by atoms with van der Waals surface area (Å²) in [7, 11) is 0. The van der Waals surface area contributed by atoms with Crippen molar-refractivity contribution in [2.24, 2.45) is 5.73 Å². The number of nitrogens with one attached hydrogen (secondary N) is 1. The van der Waals surface area contributed by atoms with Crippen LogP contribution in [0, 0.1) is 0 Å². The molecule has 0 amide bonds. The van der Waals surface area contributed by atoms with E-state index in [1.165, 1.54) is 6.92 Å². The van der Waals surface area contributed by atoms with Crippen molar-refractivity contribution in [1.29, 1.82) is 0 Å². The lowest BCUT2D eigenvalue weighted by molar-refractivity contribution is -0.139. The lowest BCUT2D eigenvalue weighted by Gasteiger charge is -1.99. The van der Waals surface area contributed by atoms with E-state index in [9.17, 15) is 9.59 Å². The third kappa shape index (κ3) is 6.00. The molecule has 0 spiro atoms. The van der Waals surface area contributed by atoms with E-state index >= 15 is 0 Å². The first-order chi connectivity index (χ1) is 6.84. The highest BCUT2D eigenvalue weighted by Crippen LogP contribution is 2.05. The fourth-order valence-corrected chi connectivity index (χ4v) is 0.905. The number of β-amino-alcohol motifs (C(OH)–C–C–N with tert-alkyl or cyclic N) is 1. The standard InChI is InChI=1S/C5H9NO3.C3H7NO2/c7-3-1-4(5(8)9)6-2-3;1-2(4)3(5)6/h3-4,6-7H,1-2H2,(H,8,9);2H,4H2,1H3,(H,5,6)/t3-,4+;/m1./s1. The van der Waals surface area contributed by atoms with E-state index in [0.717, 1.165) is 0 Å². The van der Waals surface area contributed by atoms with E-state index < -0.39 is 30.1 Å². The second-order valence-corrected chi connectivity index (χ2v) is 3.32. The van der Waals surface area contributed by atoms with E-state index in [1.807, 2.05) is 0 Å². The minimum absolute atomic E-state index is 0.329. The molecule has 1 heterocycles. The molecular weight excluding hydrogens is 204 g/mol. The van der Waals surface area contributed by atoms with Crippen LogP contribution < -0.4 is 11.1 Å². The lowest BCUT2D eigenvalue weighted by atomic mass is 10.2. The number of nitrogens with two attached hydrogens (primary N) is 1. The number of aliphatic hydroxyl groups excluding tert-OH is 1. The second kappa shape index (κ2) is 6.33. The van der Waals surface area contributed by atoms with Crippen molar-refractivity contribution >= 4 is 11.9 Å². The highest BCUT2D eigenvalue weighted by molar-refractivity contribution is 5.73. The van der Waals surface area contributed by atoms with Crippen LogP contribution in [0.2, 0.25) is 0 Å². The molecule has 1 fully saturated rings. The third-order valence-corrected chi connectivity index (χ3v) is 1.80. The Balaban J connectivity index is 0.000000288. The van der Waals surface area contributed by atoms with Gasteiger partial charge in [-0.05, 0) is 6.92 Å². The summed E-state index contributed by atoms with van der Waals surface area (Å²) in [5, 5.41) is 27.7. The number of carboxylic acid groups (broad SMARTS) is 2. The summed E-state index contributed by atoms with van der Waals surface area (Å²) in [6.45, 7) is 1.82. The van der Waals surface area contributed by atoms with Gasteiger partial charge in [0.2, 0.25) is 0 Å². The zero-order valence-corrected chi connectivity index (χ0v) is 8.38. The largest absolute Gasteiger partial charge is 0.480 e. The van der Waals surface area contributed by atoms with Gasteiger partial charge in [-0.3, -0.25) is 9.59 Å². The Hall–Kier alpha value is -1.18. The van der Waals surface area contributed by atoms with Gasteiger partial charge in [0.25, 0.3) is 0 Å². The molecule has 7 nitrogen and oxygen atoms in total. The van der Waals surface area contributed by atoms with E-state index in [4.69, 9.17) is 21.1 Å². The van der Waals surface area contributed by atoms with Crippen molar-refractivity contribution in [3.63, 3.8) is 0 Å². The van der Waals surface area contributed by atoms with Crippen LogP contribution in [0.1, 0.15) is 13.3 Å². The summed E-state index contributed by atoms with van der Waals surface area (Å²) in [5.74, 6) is -1.85. The number of carboxylic acids is 2. The van der Waals surface area contributed by atoms with Gasteiger partial charge in [0.15, 0.2) is 0 Å². The van der Waals surface area contributed by atoms with Gasteiger partial charge in [0.1, 0.15) is 12.1 Å². The summed E-state index contributed by atoms with van der Waals surface area (Å²) in [6, 6.07) is -1.27. The van der Waals surface area contributed by atoms with E-state index in [1.54, 1.807) is 0 Å². The predicted molar refractivity (Wildman–Crippen MR) is 51.3 cm³/mol. The average Bonchev–Trinajstić information content (AvgIpc) is 2.52. The van der Waals surface area contributed by atoms with Crippen LogP contribution in [-0.2, 0) is 9.59 Å². The summed E-state index contributed by atoms with van der Waals surface area (Å²) in [4.78, 5) is 19.7. The molecule has 0 aromatic carbocycles. The first kappa shape index (κ1) is 13.8. The first-order valence-electron chi connectivity index (χ1n) is 4.47. The maximum atomic E-state index is 10.2. The Morgan fingerprint density at radius 1 is 1.47 bits per heavy atom. The molecule has 1 saturated heterocycles. The van der Waals surface area contributed by atoms with Crippen molar-refractivity contribution < 1.29 is 24.9 Å². The van der Waals surface area contributed by atoms with Crippen LogP contribution in [-0.4, -0.2) is 52.0 Å². The highest BCUT2D eigenvalue weighted by atomic mass is 16.4. The number of rotatable bonds is 2. The number of hydrogen-bond acceptors (Lipinski definition) is 5. The van der Waals surface area contributed by atoms with Crippen molar-refractivity contribution in [2.45, 2.75) is 31.5 Å². The van der Waals surface area contributed by atoms with Gasteiger partial charge in [-0.25, -0.2) is 0 Å². The molecular formula is C8H16N2O5. The maximum Gasteiger partial charge on any atom is 0.320 e. The number of carbonyl (C=O) groups is 2. The molecule has 1 rings (SSSR count). The Morgan fingerprint density at radius 3 is 2.07 bits per heavy atom. The molecule has 0 aromatic heterocycles. The Kier molecular flexibility index (Phi) is 5.83. The van der Waals surface area contributed by atoms with E-state index in [0.29, 0.717) is 13.0 Å². The normalized spacial score (nSPS) is 26.3. The third-order valence-electron chi connectivity index (χ3n) is 1.80. The molecule has 0 aliphatic carbocycles. The molecule has 1 aliphatic rings. The van der Waals surface area contributed by atoms with E-state index in [-0.39, 0.29) is 0 Å². The summed E-state index contributed by atoms with van der Waals surface area (Å²) >= 11 is 0. The van der Waals surface area contributed by atoms with Crippen molar-refractivity contribution in [2.75, 3.05) is 6.54 Å². The molecule has 15 heavy (non-hydrogen) atoms. The summed E-state index contributed by atoms with van der Waals surface area (Å²) < 4.78 is 0. The quantitative estimate of drug-likeness (QED) is 0.371. The molecule has 1 aliphatic heterocycles. The Labute approximate surface area is 86.9 Å². The fourth-order valence-electron chi connectivity index (χ4n) is 0.905. The lowest BCUT2D eigenvalue weighted by Crippen LogP contribution is -2.29. The molecule has 6 N–H and O–H groups in total. The summed E-state index contributed by atoms with van der Waals surface area (Å²) in [6.07, 6.45) is -0.152. The van der Waals surface area contributed by atoms with Gasteiger partial charge in [-0.15, -0.1) is 0 Å². The number of aliphatic hydroxyl groups is 1. The van der Waals surface area contributed by atoms with Gasteiger partial charge in [-0.1, -0.05) is 0 Å². The average molecular weight is 220 g/mol. The predicted octanol–water partition coefficient (Wildman–Crippen LogP) is -1.79. The van der Waals surface area contributed by atoms with E-state index in [2.05, 4.69) is 5.32 Å². The van der Waals surface area contributed by atoms with Crippen LogP contribution >= 0.6 is 0 Å². The monoisotopic (exact) mass is 220 g/mol. The van der Waals surface area contributed by atoms with Crippen LogP contribution in [0.4, 0.5) is 0 Å². The second-order valence-electron chi connectivity index (χ2n) is 3.32. The van der Waals surface area contributed by atoms with Crippen molar-refractivity contribution in [3.8, 4) is 0 Å². The van der Waals surface area contributed by atoms with Gasteiger partial charge < -0.3 is 26.4 Å². The Bertz CT molecular complexity index is 231. The number of aliphatic carboxylic acids is 2. The van der Waals surface area contributed by atoms with Gasteiger partial charge in [0.05, 0.1) is 6.10 Å². The SMILES string of the molecule is CC(N)C(=O)O.O=C(O)[C@@H]1C[C@@H](O)CN1. The highest BCUT2D eigenvalue weighted by Gasteiger charge is 2.27. The van der Waals surface area contributed by atoms with Gasteiger partial charge in [-0.2, -0.15) is 0 Å². The molecule has 88 valence electrons. The molecule has 0 saturated carbocycles. The molecule has 1 unspecified atom stereocenters. The Morgan fingerprint density at radius 2 is 1.93 bits per heavy atom. The van der Waals surface area contributed by atoms with Crippen molar-refractivity contribution in [1.82, 2.24) is 5.32 Å². The fraction of sp³-hybridized carbons (Fsp3) is 0.750. The van der Waals surface area contributed by atoms with Crippen molar-refractivity contribution in [3.05, 3.63) is 0 Å². The minimum Gasteiger partial charge on any atom is -0.480 e. The smallest absolute Gasteiger partial charge is 0.320 e.